The molecular weight excluding hydrogens is 252 g/mol. The first-order valence-electron chi connectivity index (χ1n) is 7.20. The molecule has 3 rings (SSSR count). The van der Waals surface area contributed by atoms with Crippen molar-refractivity contribution in [3.05, 3.63) is 35.9 Å². The number of amides is 2. The average Bonchev–Trinajstić information content (AvgIpc) is 3.17. The Hall–Kier alpha value is -1.84. The van der Waals surface area contributed by atoms with Crippen molar-refractivity contribution in [2.24, 2.45) is 5.92 Å². The molecule has 4 heteroatoms. The SMILES string of the molecule is CC1CC1N1CCC(=O)NC(C)(c2ccccc2)C1=O. The molecule has 1 aliphatic carbocycles. The molecule has 1 aliphatic heterocycles. The van der Waals surface area contributed by atoms with E-state index in [-0.39, 0.29) is 11.8 Å². The van der Waals surface area contributed by atoms with Gasteiger partial charge in [0, 0.05) is 19.0 Å². The Bertz CT molecular complexity index is 543. The molecule has 106 valence electrons. The number of rotatable bonds is 2. The smallest absolute Gasteiger partial charge is 0.252 e. The van der Waals surface area contributed by atoms with Gasteiger partial charge in [-0.1, -0.05) is 37.3 Å². The molecule has 1 heterocycles. The van der Waals surface area contributed by atoms with Gasteiger partial charge in [0.15, 0.2) is 0 Å². The zero-order valence-electron chi connectivity index (χ0n) is 11.9. The molecule has 0 bridgehead atoms. The Labute approximate surface area is 119 Å². The first-order valence-corrected chi connectivity index (χ1v) is 7.20. The highest BCUT2D eigenvalue weighted by atomic mass is 16.2. The molecule has 2 fully saturated rings. The Morgan fingerprint density at radius 1 is 1.25 bits per heavy atom. The average molecular weight is 272 g/mol. The number of hydrogen-bond acceptors (Lipinski definition) is 2. The zero-order chi connectivity index (χ0) is 14.3. The third-order valence-electron chi connectivity index (χ3n) is 4.48. The van der Waals surface area contributed by atoms with Gasteiger partial charge in [-0.05, 0) is 24.8 Å². The zero-order valence-corrected chi connectivity index (χ0v) is 11.9. The Morgan fingerprint density at radius 2 is 1.90 bits per heavy atom. The molecule has 0 spiro atoms. The largest absolute Gasteiger partial charge is 0.338 e. The fourth-order valence-corrected chi connectivity index (χ4v) is 3.03. The van der Waals surface area contributed by atoms with Crippen molar-refractivity contribution in [3.8, 4) is 0 Å². The quantitative estimate of drug-likeness (QED) is 0.890. The second-order valence-corrected chi connectivity index (χ2v) is 6.07. The lowest BCUT2D eigenvalue weighted by molar-refractivity contribution is -0.139. The molecule has 0 radical (unpaired) electrons. The highest BCUT2D eigenvalue weighted by Gasteiger charge is 2.48. The van der Waals surface area contributed by atoms with Gasteiger partial charge in [0.1, 0.15) is 5.54 Å². The number of hydrogen-bond donors (Lipinski definition) is 1. The maximum Gasteiger partial charge on any atom is 0.252 e. The lowest BCUT2D eigenvalue weighted by Crippen LogP contribution is -2.53. The van der Waals surface area contributed by atoms with Crippen LogP contribution in [0.25, 0.3) is 0 Å². The summed E-state index contributed by atoms with van der Waals surface area (Å²) in [5.74, 6) is 0.511. The third kappa shape index (κ3) is 2.09. The molecule has 1 saturated carbocycles. The molecule has 4 nitrogen and oxygen atoms in total. The van der Waals surface area contributed by atoms with Crippen LogP contribution in [0.5, 0.6) is 0 Å². The van der Waals surface area contributed by atoms with E-state index < -0.39 is 5.54 Å². The van der Waals surface area contributed by atoms with Gasteiger partial charge in [0.25, 0.3) is 5.91 Å². The van der Waals surface area contributed by atoms with E-state index in [4.69, 9.17) is 0 Å². The summed E-state index contributed by atoms with van der Waals surface area (Å²) in [5, 5.41) is 2.92. The van der Waals surface area contributed by atoms with E-state index in [0.29, 0.717) is 24.9 Å². The van der Waals surface area contributed by atoms with Gasteiger partial charge in [-0.25, -0.2) is 0 Å². The van der Waals surface area contributed by atoms with E-state index in [2.05, 4.69) is 12.2 Å². The van der Waals surface area contributed by atoms with E-state index >= 15 is 0 Å². The van der Waals surface area contributed by atoms with Crippen molar-refractivity contribution in [2.45, 2.75) is 38.3 Å². The minimum Gasteiger partial charge on any atom is -0.338 e. The fraction of sp³-hybridized carbons (Fsp3) is 0.500. The van der Waals surface area contributed by atoms with Crippen LogP contribution in [0.3, 0.4) is 0 Å². The highest BCUT2D eigenvalue weighted by Crippen LogP contribution is 2.38. The van der Waals surface area contributed by atoms with E-state index in [0.717, 1.165) is 12.0 Å². The van der Waals surface area contributed by atoms with E-state index in [1.165, 1.54) is 0 Å². The van der Waals surface area contributed by atoms with Crippen molar-refractivity contribution in [1.82, 2.24) is 10.2 Å². The van der Waals surface area contributed by atoms with Gasteiger partial charge in [-0.2, -0.15) is 0 Å². The number of benzene rings is 1. The molecular formula is C16H20N2O2. The van der Waals surface area contributed by atoms with Gasteiger partial charge in [0.05, 0.1) is 0 Å². The van der Waals surface area contributed by atoms with E-state index in [1.54, 1.807) is 0 Å². The lowest BCUT2D eigenvalue weighted by Gasteiger charge is -2.32. The summed E-state index contributed by atoms with van der Waals surface area (Å²) in [6.07, 6.45) is 1.43. The highest BCUT2D eigenvalue weighted by molar-refractivity contribution is 5.94. The molecule has 1 aromatic carbocycles. The summed E-state index contributed by atoms with van der Waals surface area (Å²) in [5.41, 5.74) is -0.101. The predicted molar refractivity (Wildman–Crippen MR) is 75.8 cm³/mol. The summed E-state index contributed by atoms with van der Waals surface area (Å²) in [6.45, 7) is 4.49. The predicted octanol–water partition coefficient (Wildman–Crippen LogP) is 1.66. The van der Waals surface area contributed by atoms with Crippen LogP contribution in [0.15, 0.2) is 30.3 Å². The topological polar surface area (TPSA) is 49.4 Å². The maximum atomic E-state index is 13.0. The Kier molecular flexibility index (Phi) is 3.04. The molecule has 3 unspecified atom stereocenters. The van der Waals surface area contributed by atoms with Crippen LogP contribution in [-0.2, 0) is 15.1 Å². The van der Waals surface area contributed by atoms with Crippen molar-refractivity contribution in [2.75, 3.05) is 6.54 Å². The maximum absolute atomic E-state index is 13.0. The van der Waals surface area contributed by atoms with Gasteiger partial charge in [-0.15, -0.1) is 0 Å². The van der Waals surface area contributed by atoms with E-state index in [9.17, 15) is 9.59 Å². The van der Waals surface area contributed by atoms with Crippen LogP contribution >= 0.6 is 0 Å². The van der Waals surface area contributed by atoms with Crippen LogP contribution in [-0.4, -0.2) is 29.3 Å². The second kappa shape index (κ2) is 4.62. The minimum absolute atomic E-state index is 0.0175. The normalized spacial score (nSPS) is 33.6. The molecule has 1 saturated heterocycles. The lowest BCUT2D eigenvalue weighted by atomic mass is 9.90. The van der Waals surface area contributed by atoms with Gasteiger partial charge in [0.2, 0.25) is 5.91 Å². The summed E-state index contributed by atoms with van der Waals surface area (Å²) < 4.78 is 0. The van der Waals surface area contributed by atoms with Crippen LogP contribution in [0.4, 0.5) is 0 Å². The third-order valence-corrected chi connectivity index (χ3v) is 4.48. The molecule has 2 amide bonds. The Balaban J connectivity index is 1.98. The number of nitrogens with one attached hydrogen (secondary N) is 1. The van der Waals surface area contributed by atoms with Gasteiger partial charge in [-0.3, -0.25) is 9.59 Å². The second-order valence-electron chi connectivity index (χ2n) is 6.07. The fourth-order valence-electron chi connectivity index (χ4n) is 3.03. The Morgan fingerprint density at radius 3 is 2.50 bits per heavy atom. The van der Waals surface area contributed by atoms with Crippen molar-refractivity contribution in [1.29, 1.82) is 0 Å². The van der Waals surface area contributed by atoms with E-state index in [1.807, 2.05) is 42.2 Å². The molecule has 1 N–H and O–H groups in total. The number of carbonyl (C=O) groups excluding carboxylic acids is 2. The van der Waals surface area contributed by atoms with Crippen LogP contribution in [0, 0.1) is 5.92 Å². The summed E-state index contributed by atoms with van der Waals surface area (Å²) in [4.78, 5) is 26.8. The molecule has 0 aromatic heterocycles. The van der Waals surface area contributed by atoms with Gasteiger partial charge < -0.3 is 10.2 Å². The monoisotopic (exact) mass is 272 g/mol. The molecule has 3 atom stereocenters. The molecule has 2 aliphatic rings. The summed E-state index contributed by atoms with van der Waals surface area (Å²) >= 11 is 0. The van der Waals surface area contributed by atoms with Crippen molar-refractivity contribution in [3.63, 3.8) is 0 Å². The number of nitrogens with zero attached hydrogens (tertiary/aromatic N) is 1. The summed E-state index contributed by atoms with van der Waals surface area (Å²) in [7, 11) is 0. The van der Waals surface area contributed by atoms with Crippen molar-refractivity contribution < 1.29 is 9.59 Å². The molecule has 20 heavy (non-hydrogen) atoms. The first-order chi connectivity index (χ1) is 9.52. The first kappa shape index (κ1) is 13.2. The molecule has 1 aromatic rings. The van der Waals surface area contributed by atoms with Crippen LogP contribution in [0.2, 0.25) is 0 Å². The van der Waals surface area contributed by atoms with Crippen molar-refractivity contribution >= 4 is 11.8 Å². The van der Waals surface area contributed by atoms with Gasteiger partial charge >= 0.3 is 0 Å². The minimum atomic E-state index is -0.947. The summed E-state index contributed by atoms with van der Waals surface area (Å²) in [6, 6.07) is 9.81. The number of carbonyl (C=O) groups is 2. The van der Waals surface area contributed by atoms with Crippen LogP contribution in [0.1, 0.15) is 32.3 Å². The standard InChI is InChI=1S/C16H20N2O2/c1-11-10-13(11)18-9-8-14(19)17-16(2,15(18)20)12-6-4-3-5-7-12/h3-7,11,13H,8-10H2,1-2H3,(H,17,19). The van der Waals surface area contributed by atoms with Crippen LogP contribution < -0.4 is 5.32 Å².